The Kier molecular flexibility index (Phi) is 7.88. The van der Waals surface area contributed by atoms with Crippen LogP contribution in [0.3, 0.4) is 0 Å². The smallest absolute Gasteiger partial charge is 0.276 e. The molecule has 4 nitrogen and oxygen atoms in total. The first-order valence-corrected chi connectivity index (χ1v) is 5.81. The fourth-order valence-corrected chi connectivity index (χ4v) is 1.74. The Morgan fingerprint density at radius 2 is 1.86 bits per heavy atom. The quantitative estimate of drug-likeness (QED) is 0.940. The molecule has 1 aromatic carbocycles. The van der Waals surface area contributed by atoms with Gasteiger partial charge in [0.05, 0.1) is 0 Å². The average Bonchev–Trinajstić information content (AvgIpc) is 2.46. The van der Waals surface area contributed by atoms with Gasteiger partial charge in [0.25, 0.3) is 5.91 Å². The number of anilines is 1. The number of aromatic nitrogens is 1. The highest BCUT2D eigenvalue weighted by molar-refractivity contribution is 6.05. The van der Waals surface area contributed by atoms with E-state index in [1.165, 1.54) is 29.2 Å². The first kappa shape index (κ1) is 19.3. The summed E-state index contributed by atoms with van der Waals surface area (Å²) in [5.74, 6) is -0.613. The average molecular weight is 332 g/mol. The van der Waals surface area contributed by atoms with Crippen LogP contribution in [0, 0.1) is 5.82 Å². The van der Waals surface area contributed by atoms with E-state index in [1.807, 2.05) is 0 Å². The fraction of sp³-hybridized carbons (Fsp3) is 0.143. The van der Waals surface area contributed by atoms with Gasteiger partial charge in [0.2, 0.25) is 0 Å². The van der Waals surface area contributed by atoms with E-state index >= 15 is 0 Å². The van der Waals surface area contributed by atoms with Crippen LogP contribution in [0.25, 0.3) is 0 Å². The molecule has 0 aliphatic carbocycles. The largest absolute Gasteiger partial charge is 0.326 e. The number of rotatable bonds is 3. The second kappa shape index (κ2) is 8.56. The van der Waals surface area contributed by atoms with Crippen LogP contribution in [0.2, 0.25) is 0 Å². The van der Waals surface area contributed by atoms with Crippen molar-refractivity contribution in [3.63, 3.8) is 0 Å². The second-order valence-electron chi connectivity index (χ2n) is 4.06. The summed E-state index contributed by atoms with van der Waals surface area (Å²) in [5.41, 5.74) is 7.18. The summed E-state index contributed by atoms with van der Waals surface area (Å²) in [7, 11) is 1.62. The van der Waals surface area contributed by atoms with E-state index in [9.17, 15) is 9.18 Å². The molecule has 0 unspecified atom stereocenters. The van der Waals surface area contributed by atoms with E-state index in [0.29, 0.717) is 16.9 Å². The van der Waals surface area contributed by atoms with Gasteiger partial charge in [-0.3, -0.25) is 9.78 Å². The molecule has 21 heavy (non-hydrogen) atoms. The molecule has 0 saturated carbocycles. The zero-order chi connectivity index (χ0) is 13.8. The van der Waals surface area contributed by atoms with Crippen molar-refractivity contribution in [2.45, 2.75) is 6.54 Å². The summed E-state index contributed by atoms with van der Waals surface area (Å²) in [6.07, 6.45) is 1.55. The van der Waals surface area contributed by atoms with Crippen molar-refractivity contribution in [3.8, 4) is 0 Å². The molecule has 0 saturated heterocycles. The Hall–Kier alpha value is -1.69. The molecule has 1 heterocycles. The molecule has 0 aliphatic heterocycles. The molecule has 2 aromatic rings. The van der Waals surface area contributed by atoms with Crippen LogP contribution in [0.5, 0.6) is 0 Å². The van der Waals surface area contributed by atoms with Crippen LogP contribution in [-0.4, -0.2) is 17.9 Å². The van der Waals surface area contributed by atoms with E-state index in [0.717, 1.165) is 0 Å². The number of carbonyl (C=O) groups is 1. The number of nitrogens with zero attached hydrogens (tertiary/aromatic N) is 2. The van der Waals surface area contributed by atoms with Crippen molar-refractivity contribution >= 4 is 36.4 Å². The Labute approximate surface area is 135 Å². The number of amides is 1. The minimum absolute atomic E-state index is 0. The van der Waals surface area contributed by atoms with Crippen LogP contribution >= 0.6 is 24.8 Å². The molecule has 7 heteroatoms. The predicted molar refractivity (Wildman–Crippen MR) is 85.8 cm³/mol. The third kappa shape index (κ3) is 4.39. The van der Waals surface area contributed by atoms with Gasteiger partial charge in [0.1, 0.15) is 11.5 Å². The zero-order valence-electron chi connectivity index (χ0n) is 11.3. The summed E-state index contributed by atoms with van der Waals surface area (Å²) < 4.78 is 12.9. The number of hydrogen-bond donors (Lipinski definition) is 1. The molecule has 0 atom stereocenters. The van der Waals surface area contributed by atoms with Crippen molar-refractivity contribution in [1.82, 2.24) is 4.98 Å². The van der Waals surface area contributed by atoms with Gasteiger partial charge in [0, 0.05) is 25.5 Å². The molecule has 0 aliphatic rings. The van der Waals surface area contributed by atoms with Crippen LogP contribution in [-0.2, 0) is 6.54 Å². The van der Waals surface area contributed by atoms with E-state index < -0.39 is 0 Å². The number of benzene rings is 1. The number of halogens is 3. The van der Waals surface area contributed by atoms with E-state index in [4.69, 9.17) is 5.73 Å². The highest BCUT2D eigenvalue weighted by Gasteiger charge is 2.17. The number of hydrogen-bond acceptors (Lipinski definition) is 3. The normalized spacial score (nSPS) is 9.29. The minimum atomic E-state index is -0.343. The summed E-state index contributed by atoms with van der Waals surface area (Å²) >= 11 is 0. The summed E-state index contributed by atoms with van der Waals surface area (Å²) in [6.45, 7) is 0.242. The van der Waals surface area contributed by atoms with Gasteiger partial charge in [-0.05, 0) is 35.9 Å². The van der Waals surface area contributed by atoms with Crippen LogP contribution in [0.1, 0.15) is 16.1 Å². The monoisotopic (exact) mass is 331 g/mol. The van der Waals surface area contributed by atoms with Crippen molar-refractivity contribution in [2.75, 3.05) is 11.9 Å². The Morgan fingerprint density at radius 1 is 1.24 bits per heavy atom. The Bertz CT molecular complexity index is 593. The summed E-state index contributed by atoms with van der Waals surface area (Å²) in [5, 5.41) is 0. The SMILES string of the molecule is CN(C(=O)c1ncccc1CN)c1ccc(F)cc1.Cl.Cl. The molecule has 1 aromatic heterocycles. The van der Waals surface area contributed by atoms with Crippen molar-refractivity contribution < 1.29 is 9.18 Å². The number of carbonyl (C=O) groups excluding carboxylic acids is 1. The third-order valence-corrected chi connectivity index (χ3v) is 2.83. The maximum absolute atomic E-state index is 12.9. The highest BCUT2D eigenvalue weighted by Crippen LogP contribution is 2.16. The molecule has 0 spiro atoms. The van der Waals surface area contributed by atoms with Gasteiger partial charge >= 0.3 is 0 Å². The molecule has 114 valence electrons. The first-order valence-electron chi connectivity index (χ1n) is 5.81. The van der Waals surface area contributed by atoms with Gasteiger partial charge in [-0.25, -0.2) is 4.39 Å². The van der Waals surface area contributed by atoms with Gasteiger partial charge < -0.3 is 10.6 Å². The lowest BCUT2D eigenvalue weighted by Crippen LogP contribution is -2.28. The topological polar surface area (TPSA) is 59.2 Å². The van der Waals surface area contributed by atoms with E-state index in [2.05, 4.69) is 4.98 Å². The molecule has 0 radical (unpaired) electrons. The maximum Gasteiger partial charge on any atom is 0.276 e. The van der Waals surface area contributed by atoms with Gasteiger partial charge in [-0.15, -0.1) is 24.8 Å². The standard InChI is InChI=1S/C14H14FN3O.2ClH/c1-18(12-6-4-11(15)5-7-12)14(19)13-10(9-16)3-2-8-17-13;;/h2-8H,9,16H2,1H3;2*1H. The predicted octanol–water partition coefficient (Wildman–Crippen LogP) is 2.80. The van der Waals surface area contributed by atoms with Crippen LogP contribution in [0.15, 0.2) is 42.6 Å². The molecule has 0 fully saturated rings. The van der Waals surface area contributed by atoms with Crippen LogP contribution < -0.4 is 10.6 Å². The second-order valence-corrected chi connectivity index (χ2v) is 4.06. The number of nitrogens with two attached hydrogens (primary N) is 1. The van der Waals surface area contributed by atoms with Crippen molar-refractivity contribution in [2.24, 2.45) is 5.73 Å². The lowest BCUT2D eigenvalue weighted by Gasteiger charge is -2.18. The third-order valence-electron chi connectivity index (χ3n) is 2.83. The van der Waals surface area contributed by atoms with E-state index in [1.54, 1.807) is 25.4 Å². The van der Waals surface area contributed by atoms with Crippen molar-refractivity contribution in [3.05, 3.63) is 59.7 Å². The molecule has 1 amide bonds. The molecular formula is C14H16Cl2FN3O. The summed E-state index contributed by atoms with van der Waals surface area (Å²) in [6, 6.07) is 9.19. The maximum atomic E-state index is 12.9. The molecular weight excluding hydrogens is 316 g/mol. The van der Waals surface area contributed by atoms with E-state index in [-0.39, 0.29) is 43.1 Å². The first-order chi connectivity index (χ1) is 9.13. The molecule has 2 N–H and O–H groups in total. The fourth-order valence-electron chi connectivity index (χ4n) is 1.74. The number of pyridine rings is 1. The lowest BCUT2D eigenvalue weighted by atomic mass is 10.1. The highest BCUT2D eigenvalue weighted by atomic mass is 35.5. The zero-order valence-corrected chi connectivity index (χ0v) is 13.0. The van der Waals surface area contributed by atoms with Crippen LogP contribution in [0.4, 0.5) is 10.1 Å². The van der Waals surface area contributed by atoms with Gasteiger partial charge in [-0.2, -0.15) is 0 Å². The van der Waals surface area contributed by atoms with Gasteiger partial charge in [0.15, 0.2) is 0 Å². The lowest BCUT2D eigenvalue weighted by molar-refractivity contribution is 0.0987. The molecule has 2 rings (SSSR count). The molecule has 0 bridgehead atoms. The minimum Gasteiger partial charge on any atom is -0.326 e. The van der Waals surface area contributed by atoms with Gasteiger partial charge in [-0.1, -0.05) is 6.07 Å². The summed E-state index contributed by atoms with van der Waals surface area (Å²) in [4.78, 5) is 17.8. The van der Waals surface area contributed by atoms with Crippen molar-refractivity contribution in [1.29, 1.82) is 0 Å². The Balaban J connectivity index is 0.00000200. The Morgan fingerprint density at radius 3 is 2.43 bits per heavy atom.